The van der Waals surface area contributed by atoms with E-state index in [1.165, 1.54) is 73.1 Å². The van der Waals surface area contributed by atoms with Crippen LogP contribution in [0.3, 0.4) is 0 Å². The summed E-state index contributed by atoms with van der Waals surface area (Å²) in [4.78, 5) is 27.5. The lowest BCUT2D eigenvalue weighted by atomic mass is 10.2. The van der Waals surface area contributed by atoms with E-state index in [0.717, 1.165) is 43.9 Å². The summed E-state index contributed by atoms with van der Waals surface area (Å²) in [5.41, 5.74) is 9.02. The maximum absolute atomic E-state index is 14.5. The van der Waals surface area contributed by atoms with E-state index in [2.05, 4.69) is 76.1 Å². The fraction of sp³-hybridized carbons (Fsp3) is 0.238. The molecule has 0 spiro atoms. The van der Waals surface area contributed by atoms with E-state index in [0.29, 0.717) is 30.9 Å². The molecule has 6 aromatic rings. The highest BCUT2D eigenvalue weighted by Gasteiger charge is 2.31. The molecule has 3 heterocycles. The van der Waals surface area contributed by atoms with Crippen molar-refractivity contribution in [3.05, 3.63) is 118 Å². The van der Waals surface area contributed by atoms with Crippen molar-refractivity contribution in [1.82, 2.24) is 39.8 Å². The Morgan fingerprint density at radius 3 is 1.51 bits per heavy atom. The molecule has 1 aliphatic rings. The Kier molecular flexibility index (Phi) is 17.7. The largest absolute Gasteiger partial charge is 0.573 e. The van der Waals surface area contributed by atoms with Gasteiger partial charge in [-0.05, 0) is 83.9 Å². The van der Waals surface area contributed by atoms with Crippen LogP contribution in [0.2, 0.25) is 10.0 Å². The number of ether oxygens (including phenoxy) is 3. The maximum atomic E-state index is 14.5. The molecule has 69 heavy (non-hydrogen) atoms. The SMILES string of the molecule is CN(C)Nc1nc(NN=Cc2ccc(OC(F)(F)F)cc2)nc(-c2c(F)cccc2Cl)n1.Fc1cccc(Cl)c1-c1nc(NCCN2CCOCC2)nc(NN=Cc2ccc(OC(F)(F)F)cc2)n1. The summed E-state index contributed by atoms with van der Waals surface area (Å²) in [6.07, 6.45) is -6.87. The Hall–Kier alpha value is -7.06. The first-order chi connectivity index (χ1) is 32.9. The molecule has 0 atom stereocenters. The lowest BCUT2D eigenvalue weighted by Gasteiger charge is -2.26. The van der Waals surface area contributed by atoms with Crippen molar-refractivity contribution in [3.8, 4) is 34.3 Å². The van der Waals surface area contributed by atoms with E-state index >= 15 is 0 Å². The molecule has 27 heteroatoms. The van der Waals surface area contributed by atoms with Gasteiger partial charge in [0.25, 0.3) is 0 Å². The third kappa shape index (κ3) is 16.6. The number of rotatable bonds is 16. The van der Waals surface area contributed by atoms with Crippen LogP contribution in [0.1, 0.15) is 11.1 Å². The van der Waals surface area contributed by atoms with Gasteiger partial charge in [-0.15, -0.1) is 26.3 Å². The third-order valence-electron chi connectivity index (χ3n) is 8.77. The number of nitrogens with zero attached hydrogens (tertiary/aromatic N) is 10. The standard InChI is InChI=1S/C23H22ClF4N7O2.C19H16ClF4N7O/c24-17-2-1-3-18(25)19(17)20-31-21(29-8-9-35-10-12-36-13-11-35)33-22(32-20)34-30-14-15-4-6-16(7-5-15)37-23(26,27)28;1-31(2)30-18-27-16(15-13(20)4-3-5-14(15)21)26-17(28-18)29-25-10-11-6-8-12(9-7-11)32-19(22,23)24/h1-7,14H,8-13H2,(H2,29,31,32,33,34);3-10H,1-2H3,(H2,26,27,28,29,30). The minimum absolute atomic E-state index is 0.00155. The van der Waals surface area contributed by atoms with E-state index in [-0.39, 0.29) is 68.1 Å². The van der Waals surface area contributed by atoms with Gasteiger partial charge in [-0.25, -0.2) is 24.6 Å². The number of aromatic nitrogens is 6. The number of anilines is 4. The number of hydrazone groups is 2. The van der Waals surface area contributed by atoms with Gasteiger partial charge in [0.1, 0.15) is 23.1 Å². The van der Waals surface area contributed by atoms with Gasteiger partial charge in [0.15, 0.2) is 11.6 Å². The minimum atomic E-state index is -4.78. The molecular formula is C42H38Cl2F8N14O3. The van der Waals surface area contributed by atoms with Gasteiger partial charge in [-0.1, -0.05) is 35.3 Å². The van der Waals surface area contributed by atoms with Gasteiger partial charge in [-0.3, -0.25) is 10.3 Å². The van der Waals surface area contributed by atoms with Crippen LogP contribution < -0.4 is 31.1 Å². The van der Waals surface area contributed by atoms with Crippen LogP contribution >= 0.6 is 23.2 Å². The van der Waals surface area contributed by atoms with Crippen molar-refractivity contribution in [2.75, 3.05) is 75.1 Å². The molecule has 4 N–H and O–H groups in total. The van der Waals surface area contributed by atoms with Crippen molar-refractivity contribution < 1.29 is 49.3 Å². The number of alkyl halides is 6. The fourth-order valence-electron chi connectivity index (χ4n) is 5.82. The summed E-state index contributed by atoms with van der Waals surface area (Å²) in [6, 6.07) is 18.6. The molecule has 1 saturated heterocycles. The maximum Gasteiger partial charge on any atom is 0.573 e. The Labute approximate surface area is 397 Å². The number of morpholine rings is 1. The van der Waals surface area contributed by atoms with E-state index in [1.54, 1.807) is 19.1 Å². The molecule has 364 valence electrons. The zero-order valence-corrected chi connectivity index (χ0v) is 37.5. The monoisotopic (exact) mass is 1010 g/mol. The molecular weight excluding hydrogens is 971 g/mol. The number of halogens is 10. The Morgan fingerprint density at radius 2 is 1.07 bits per heavy atom. The number of benzene rings is 4. The van der Waals surface area contributed by atoms with Crippen molar-refractivity contribution in [1.29, 1.82) is 0 Å². The molecule has 4 aromatic carbocycles. The fourth-order valence-corrected chi connectivity index (χ4v) is 6.31. The normalized spacial score (nSPS) is 13.3. The second kappa shape index (κ2) is 23.8. The highest BCUT2D eigenvalue weighted by Crippen LogP contribution is 2.31. The van der Waals surface area contributed by atoms with Gasteiger partial charge >= 0.3 is 12.7 Å². The lowest BCUT2D eigenvalue weighted by Crippen LogP contribution is -2.39. The second-order valence-electron chi connectivity index (χ2n) is 14.2. The molecule has 0 unspecified atom stereocenters. The molecule has 7 rings (SSSR count). The van der Waals surface area contributed by atoms with E-state index in [4.69, 9.17) is 27.9 Å². The number of hydrogen-bond acceptors (Lipinski definition) is 17. The van der Waals surface area contributed by atoms with Crippen LogP contribution in [-0.4, -0.2) is 118 Å². The van der Waals surface area contributed by atoms with Crippen molar-refractivity contribution in [3.63, 3.8) is 0 Å². The molecule has 0 saturated carbocycles. The third-order valence-corrected chi connectivity index (χ3v) is 9.40. The molecule has 0 aliphatic carbocycles. The highest BCUT2D eigenvalue weighted by molar-refractivity contribution is 6.33. The Balaban J connectivity index is 0.000000229. The average molecular weight is 1010 g/mol. The molecule has 1 fully saturated rings. The van der Waals surface area contributed by atoms with Crippen molar-refractivity contribution in [2.24, 2.45) is 10.2 Å². The van der Waals surface area contributed by atoms with E-state index < -0.39 is 24.4 Å². The second-order valence-corrected chi connectivity index (χ2v) is 15.0. The molecule has 2 aromatic heterocycles. The van der Waals surface area contributed by atoms with Crippen LogP contribution in [0.25, 0.3) is 22.8 Å². The van der Waals surface area contributed by atoms with E-state index in [1.807, 2.05) is 0 Å². The van der Waals surface area contributed by atoms with Crippen molar-refractivity contribution >= 4 is 59.4 Å². The summed E-state index contributed by atoms with van der Waals surface area (Å²) < 4.78 is 116. The smallest absolute Gasteiger partial charge is 0.406 e. The van der Waals surface area contributed by atoms with Gasteiger partial charge in [-0.2, -0.15) is 40.1 Å². The van der Waals surface area contributed by atoms with Gasteiger partial charge in [0.2, 0.25) is 23.8 Å². The average Bonchev–Trinajstić information content (AvgIpc) is 3.27. The summed E-state index contributed by atoms with van der Waals surface area (Å²) in [5, 5.41) is 12.9. The molecule has 0 amide bonds. The first-order valence-corrected chi connectivity index (χ1v) is 20.8. The summed E-state index contributed by atoms with van der Waals surface area (Å²) >= 11 is 12.3. The van der Waals surface area contributed by atoms with Gasteiger partial charge in [0, 0.05) is 40.3 Å². The molecule has 0 bridgehead atoms. The number of hydrazine groups is 1. The Bertz CT molecular complexity index is 2660. The van der Waals surface area contributed by atoms with Crippen LogP contribution in [0.4, 0.5) is 58.9 Å². The highest BCUT2D eigenvalue weighted by atomic mass is 35.5. The Morgan fingerprint density at radius 1 is 0.638 bits per heavy atom. The lowest BCUT2D eigenvalue weighted by molar-refractivity contribution is -0.275. The summed E-state index contributed by atoms with van der Waals surface area (Å²) in [7, 11) is 3.41. The summed E-state index contributed by atoms with van der Waals surface area (Å²) in [6.45, 7) is 4.22. The summed E-state index contributed by atoms with van der Waals surface area (Å²) in [5.74, 6) is -1.69. The topological polar surface area (TPSA) is 184 Å². The van der Waals surface area contributed by atoms with E-state index in [9.17, 15) is 35.1 Å². The van der Waals surface area contributed by atoms with Gasteiger partial charge in [0.05, 0.1) is 46.8 Å². The van der Waals surface area contributed by atoms with Crippen LogP contribution in [0, 0.1) is 11.6 Å². The van der Waals surface area contributed by atoms with Crippen molar-refractivity contribution in [2.45, 2.75) is 12.7 Å². The number of hydrogen-bond donors (Lipinski definition) is 4. The zero-order chi connectivity index (χ0) is 49.6. The number of nitrogens with one attached hydrogen (secondary N) is 4. The molecule has 17 nitrogen and oxygen atoms in total. The first-order valence-electron chi connectivity index (χ1n) is 20.1. The predicted octanol–water partition coefficient (Wildman–Crippen LogP) is 8.98. The molecule has 1 aliphatic heterocycles. The first kappa shape index (κ1) is 51.3. The minimum Gasteiger partial charge on any atom is -0.406 e. The quantitative estimate of drug-likeness (QED) is 0.0409. The van der Waals surface area contributed by atoms with Gasteiger partial charge < -0.3 is 19.5 Å². The van der Waals surface area contributed by atoms with Crippen LogP contribution in [0.5, 0.6) is 11.5 Å². The van der Waals surface area contributed by atoms with Crippen LogP contribution in [-0.2, 0) is 4.74 Å². The zero-order valence-electron chi connectivity index (χ0n) is 36.0. The van der Waals surface area contributed by atoms with Crippen LogP contribution in [0.15, 0.2) is 95.1 Å². The predicted molar refractivity (Wildman–Crippen MR) is 242 cm³/mol. The molecule has 0 radical (unpaired) electrons.